The van der Waals surface area contributed by atoms with Gasteiger partial charge < -0.3 is 5.32 Å². The molecule has 178 valence electrons. The Morgan fingerprint density at radius 3 is 2.56 bits per heavy atom. The quantitative estimate of drug-likeness (QED) is 0.566. The zero-order chi connectivity index (χ0) is 23.7. The highest BCUT2D eigenvalue weighted by Gasteiger charge is 2.27. The minimum Gasteiger partial charge on any atom is -0.306 e. The molecule has 0 radical (unpaired) electrons. The summed E-state index contributed by atoms with van der Waals surface area (Å²) >= 11 is 1.84. The number of nitrogens with zero attached hydrogens (tertiary/aromatic N) is 3. The lowest BCUT2D eigenvalue weighted by atomic mass is 10.1. The van der Waals surface area contributed by atoms with Gasteiger partial charge in [0.15, 0.2) is 0 Å². The minimum atomic E-state index is -3.53. The van der Waals surface area contributed by atoms with E-state index in [9.17, 15) is 13.2 Å². The van der Waals surface area contributed by atoms with Gasteiger partial charge in [0.2, 0.25) is 10.0 Å². The number of thioether (sulfide) groups is 1. The Morgan fingerprint density at radius 2 is 1.82 bits per heavy atom. The minimum absolute atomic E-state index is 0.227. The Bertz CT molecular complexity index is 1310. The average Bonchev–Trinajstić information content (AvgIpc) is 3.23. The summed E-state index contributed by atoms with van der Waals surface area (Å²) in [6.07, 6.45) is 3.68. The van der Waals surface area contributed by atoms with E-state index in [1.165, 1.54) is 16.4 Å². The second-order valence-corrected chi connectivity index (χ2v) is 11.8. The lowest BCUT2D eigenvalue weighted by molar-refractivity contribution is 0.102. The zero-order valence-electron chi connectivity index (χ0n) is 19.2. The molecule has 1 N–H and O–H groups in total. The van der Waals surface area contributed by atoms with Crippen molar-refractivity contribution >= 4 is 33.5 Å². The number of aromatic nitrogens is 2. The van der Waals surface area contributed by atoms with Gasteiger partial charge in [-0.3, -0.25) is 4.79 Å². The van der Waals surface area contributed by atoms with Gasteiger partial charge >= 0.3 is 0 Å². The van der Waals surface area contributed by atoms with Crippen LogP contribution in [0.4, 0.5) is 5.82 Å². The van der Waals surface area contributed by atoms with Gasteiger partial charge in [-0.25, -0.2) is 13.1 Å². The number of rotatable bonds is 5. The predicted molar refractivity (Wildman–Crippen MR) is 135 cm³/mol. The second-order valence-electron chi connectivity index (χ2n) is 8.77. The number of carbonyl (C=O) groups excluding carboxylic acids is 1. The van der Waals surface area contributed by atoms with E-state index in [0.717, 1.165) is 59.7 Å². The third-order valence-corrected chi connectivity index (χ3v) is 9.23. The van der Waals surface area contributed by atoms with E-state index in [-0.39, 0.29) is 10.8 Å². The van der Waals surface area contributed by atoms with Crippen molar-refractivity contribution in [3.8, 4) is 5.69 Å². The first-order valence-corrected chi connectivity index (χ1v) is 14.2. The maximum Gasteiger partial charge on any atom is 0.256 e. The largest absolute Gasteiger partial charge is 0.306 e. The molecule has 1 fully saturated rings. The summed E-state index contributed by atoms with van der Waals surface area (Å²) in [4.78, 5) is 13.4. The number of anilines is 1. The maximum atomic E-state index is 13.2. The number of aryl methyl sites for hydroxylation is 1. The van der Waals surface area contributed by atoms with E-state index in [4.69, 9.17) is 5.10 Å². The highest BCUT2D eigenvalue weighted by atomic mass is 32.2. The topological polar surface area (TPSA) is 84.3 Å². The molecule has 9 heteroatoms. The van der Waals surface area contributed by atoms with Gasteiger partial charge in [0.05, 0.1) is 16.3 Å². The Morgan fingerprint density at radius 1 is 1.06 bits per heavy atom. The Kier molecular flexibility index (Phi) is 6.50. The van der Waals surface area contributed by atoms with Crippen LogP contribution >= 0.6 is 11.8 Å². The first-order chi connectivity index (χ1) is 16.4. The first-order valence-electron chi connectivity index (χ1n) is 11.6. The summed E-state index contributed by atoms with van der Waals surface area (Å²) < 4.78 is 29.2. The van der Waals surface area contributed by atoms with Crippen molar-refractivity contribution in [3.63, 3.8) is 0 Å². The molecule has 1 aromatic heterocycles. The van der Waals surface area contributed by atoms with Crippen molar-refractivity contribution in [2.24, 2.45) is 0 Å². The molecule has 2 aliphatic rings. The van der Waals surface area contributed by atoms with Crippen molar-refractivity contribution in [2.45, 2.75) is 43.3 Å². The molecule has 0 bridgehead atoms. The molecule has 34 heavy (non-hydrogen) atoms. The fourth-order valence-electron chi connectivity index (χ4n) is 4.50. The van der Waals surface area contributed by atoms with Gasteiger partial charge in [0, 0.05) is 30.0 Å². The molecule has 7 nitrogen and oxygen atoms in total. The molecule has 2 aromatic carbocycles. The number of benzene rings is 2. The third-order valence-electron chi connectivity index (χ3n) is 6.35. The van der Waals surface area contributed by atoms with Gasteiger partial charge in [0.1, 0.15) is 5.82 Å². The van der Waals surface area contributed by atoms with Crippen molar-refractivity contribution in [3.05, 3.63) is 70.9 Å². The molecule has 2 aliphatic heterocycles. The molecule has 3 aromatic rings. The van der Waals surface area contributed by atoms with Crippen LogP contribution in [-0.4, -0.2) is 47.3 Å². The van der Waals surface area contributed by atoms with E-state index in [1.54, 1.807) is 12.1 Å². The summed E-state index contributed by atoms with van der Waals surface area (Å²) in [5.41, 5.74) is 4.49. The molecular weight excluding hydrogens is 468 g/mol. The summed E-state index contributed by atoms with van der Waals surface area (Å²) in [6.45, 7) is 3.13. The fraction of sp³-hybridized carbons (Fsp3) is 0.360. The number of amides is 1. The average molecular weight is 497 g/mol. The van der Waals surface area contributed by atoms with Crippen LogP contribution in [0.2, 0.25) is 0 Å². The predicted octanol–water partition coefficient (Wildman–Crippen LogP) is 4.40. The van der Waals surface area contributed by atoms with Crippen LogP contribution in [0.1, 0.15) is 46.4 Å². The highest BCUT2D eigenvalue weighted by molar-refractivity contribution is 7.98. The molecule has 3 heterocycles. The number of fused-ring (bicyclic) bond motifs is 1. The summed E-state index contributed by atoms with van der Waals surface area (Å²) in [5.74, 6) is 2.21. The Labute approximate surface area is 204 Å². The van der Waals surface area contributed by atoms with Crippen LogP contribution in [0.5, 0.6) is 0 Å². The van der Waals surface area contributed by atoms with Crippen molar-refractivity contribution in [2.75, 3.05) is 24.2 Å². The molecule has 5 rings (SSSR count). The second kappa shape index (κ2) is 9.56. The van der Waals surface area contributed by atoms with Crippen LogP contribution in [-0.2, 0) is 22.2 Å². The van der Waals surface area contributed by atoms with Crippen molar-refractivity contribution in [1.29, 1.82) is 0 Å². The smallest absolute Gasteiger partial charge is 0.256 e. The normalized spacial score (nSPS) is 16.7. The SMILES string of the molecule is Cc1cccc(-n2nc3c(c2NC(=O)c2ccc(S(=O)(=O)N4CCCCC4)cc2)CCSC3)c1. The van der Waals surface area contributed by atoms with Crippen LogP contribution < -0.4 is 5.32 Å². The molecule has 0 saturated carbocycles. The van der Waals surface area contributed by atoms with E-state index in [0.29, 0.717) is 24.5 Å². The molecule has 0 spiro atoms. The number of hydrogen-bond donors (Lipinski definition) is 1. The summed E-state index contributed by atoms with van der Waals surface area (Å²) in [6, 6.07) is 14.3. The molecule has 0 unspecified atom stereocenters. The number of carbonyl (C=O) groups is 1. The van der Waals surface area contributed by atoms with Crippen molar-refractivity contribution < 1.29 is 13.2 Å². The zero-order valence-corrected chi connectivity index (χ0v) is 20.8. The maximum absolute atomic E-state index is 13.2. The number of sulfonamides is 1. The van der Waals surface area contributed by atoms with Gasteiger partial charge in [-0.15, -0.1) is 0 Å². The van der Waals surface area contributed by atoms with E-state index in [2.05, 4.69) is 5.32 Å². The van der Waals surface area contributed by atoms with E-state index >= 15 is 0 Å². The van der Waals surface area contributed by atoms with E-state index < -0.39 is 10.0 Å². The molecule has 1 saturated heterocycles. The van der Waals surface area contributed by atoms with Crippen LogP contribution in [0.15, 0.2) is 53.4 Å². The highest BCUT2D eigenvalue weighted by Crippen LogP contribution is 2.32. The molecule has 0 atom stereocenters. The Balaban J connectivity index is 1.42. The standard InChI is InChI=1S/C25H28N4O3S2/c1-18-6-5-7-20(16-18)29-24(22-12-15-33-17-23(22)27-29)26-25(30)19-8-10-21(11-9-19)34(31,32)28-13-3-2-4-14-28/h5-11,16H,2-4,12-15,17H2,1H3,(H,26,30). The van der Waals surface area contributed by atoms with Gasteiger partial charge in [0.25, 0.3) is 5.91 Å². The van der Waals surface area contributed by atoms with E-state index in [1.807, 2.05) is 47.6 Å². The molecular formula is C25H28N4O3S2. The molecule has 0 aliphatic carbocycles. The first kappa shape index (κ1) is 23.1. The summed E-state index contributed by atoms with van der Waals surface area (Å²) in [5, 5.41) is 7.87. The van der Waals surface area contributed by atoms with Crippen molar-refractivity contribution in [1.82, 2.24) is 14.1 Å². The van der Waals surface area contributed by atoms with Gasteiger partial charge in [-0.2, -0.15) is 21.2 Å². The molecule has 1 amide bonds. The third kappa shape index (κ3) is 4.52. The van der Waals surface area contributed by atoms with Crippen LogP contribution in [0, 0.1) is 6.92 Å². The number of nitrogens with one attached hydrogen (secondary N) is 1. The Hall–Kier alpha value is -2.62. The lowest BCUT2D eigenvalue weighted by Crippen LogP contribution is -2.35. The number of piperidine rings is 1. The van der Waals surface area contributed by atoms with Gasteiger partial charge in [-0.1, -0.05) is 18.6 Å². The summed E-state index contributed by atoms with van der Waals surface area (Å²) in [7, 11) is -3.53. The van der Waals surface area contributed by atoms with Gasteiger partial charge in [-0.05, 0) is 73.9 Å². The monoisotopic (exact) mass is 496 g/mol. The van der Waals surface area contributed by atoms with Crippen LogP contribution in [0.3, 0.4) is 0 Å². The van der Waals surface area contributed by atoms with Crippen LogP contribution in [0.25, 0.3) is 5.69 Å². The number of hydrogen-bond acceptors (Lipinski definition) is 5. The lowest BCUT2D eigenvalue weighted by Gasteiger charge is -2.25. The fourth-order valence-corrected chi connectivity index (χ4v) is 6.94.